The first-order valence-electron chi connectivity index (χ1n) is 4.62. The van der Waals surface area contributed by atoms with Crippen LogP contribution in [-0.2, 0) is 14.9 Å². The molecule has 0 aliphatic rings. The van der Waals surface area contributed by atoms with E-state index in [1.165, 1.54) is 6.07 Å². The SMILES string of the molecule is CCOC(=O)c1c(C)cccc1S(=O)(=O)O. The first-order valence-corrected chi connectivity index (χ1v) is 6.06. The summed E-state index contributed by atoms with van der Waals surface area (Å²) in [5, 5.41) is 0. The largest absolute Gasteiger partial charge is 0.462 e. The first kappa shape index (κ1) is 12.7. The lowest BCUT2D eigenvalue weighted by molar-refractivity contribution is 0.0520. The third-order valence-electron chi connectivity index (χ3n) is 1.99. The third kappa shape index (κ3) is 2.59. The van der Waals surface area contributed by atoms with Crippen molar-refractivity contribution in [3.8, 4) is 0 Å². The Morgan fingerprint density at radius 2 is 2.06 bits per heavy atom. The molecule has 0 fully saturated rings. The molecule has 0 aromatic heterocycles. The molecule has 0 saturated carbocycles. The van der Waals surface area contributed by atoms with Crippen LogP contribution in [0.3, 0.4) is 0 Å². The molecular weight excluding hydrogens is 232 g/mol. The van der Waals surface area contributed by atoms with Gasteiger partial charge in [-0.1, -0.05) is 12.1 Å². The minimum absolute atomic E-state index is 0.119. The van der Waals surface area contributed by atoms with Crippen LogP contribution in [0, 0.1) is 6.92 Å². The summed E-state index contributed by atoms with van der Waals surface area (Å²) in [4.78, 5) is 11.1. The summed E-state index contributed by atoms with van der Waals surface area (Å²) in [5.41, 5.74) is 0.320. The van der Waals surface area contributed by atoms with Gasteiger partial charge in [-0.25, -0.2) is 4.79 Å². The molecule has 0 saturated heterocycles. The van der Waals surface area contributed by atoms with E-state index in [0.29, 0.717) is 5.56 Å². The molecule has 5 nitrogen and oxygen atoms in total. The number of ether oxygens (including phenoxy) is 1. The molecule has 0 amide bonds. The molecular formula is C10H12O5S. The Morgan fingerprint density at radius 1 is 1.44 bits per heavy atom. The summed E-state index contributed by atoms with van der Waals surface area (Å²) in [6, 6.07) is 4.18. The van der Waals surface area contributed by atoms with Crippen LogP contribution in [-0.4, -0.2) is 25.5 Å². The van der Waals surface area contributed by atoms with Gasteiger partial charge in [0.15, 0.2) is 0 Å². The van der Waals surface area contributed by atoms with Crippen molar-refractivity contribution in [2.45, 2.75) is 18.7 Å². The molecule has 0 bridgehead atoms. The summed E-state index contributed by atoms with van der Waals surface area (Å²) in [6.07, 6.45) is 0. The predicted octanol–water partition coefficient (Wildman–Crippen LogP) is 1.42. The van der Waals surface area contributed by atoms with E-state index in [2.05, 4.69) is 0 Å². The van der Waals surface area contributed by atoms with Crippen molar-refractivity contribution >= 4 is 16.1 Å². The van der Waals surface area contributed by atoms with Gasteiger partial charge in [0, 0.05) is 0 Å². The number of carbonyl (C=O) groups is 1. The van der Waals surface area contributed by atoms with Gasteiger partial charge in [-0.15, -0.1) is 0 Å². The van der Waals surface area contributed by atoms with Crippen molar-refractivity contribution in [3.05, 3.63) is 29.3 Å². The van der Waals surface area contributed by atoms with Gasteiger partial charge in [0.1, 0.15) is 4.90 Å². The highest BCUT2D eigenvalue weighted by molar-refractivity contribution is 7.86. The Morgan fingerprint density at radius 3 is 2.56 bits per heavy atom. The minimum atomic E-state index is -4.42. The highest BCUT2D eigenvalue weighted by Crippen LogP contribution is 2.20. The van der Waals surface area contributed by atoms with Gasteiger partial charge in [0.25, 0.3) is 10.1 Å². The second-order valence-corrected chi connectivity index (χ2v) is 4.53. The average molecular weight is 244 g/mol. The van der Waals surface area contributed by atoms with Gasteiger partial charge >= 0.3 is 5.97 Å². The van der Waals surface area contributed by atoms with Crippen LogP contribution in [0.4, 0.5) is 0 Å². The van der Waals surface area contributed by atoms with Crippen LogP contribution in [0.2, 0.25) is 0 Å². The molecule has 0 heterocycles. The number of benzene rings is 1. The minimum Gasteiger partial charge on any atom is -0.462 e. The Bertz CT molecular complexity index is 504. The molecule has 0 radical (unpaired) electrons. The molecule has 0 aliphatic carbocycles. The van der Waals surface area contributed by atoms with Crippen molar-refractivity contribution in [2.75, 3.05) is 6.61 Å². The fraction of sp³-hybridized carbons (Fsp3) is 0.300. The maximum Gasteiger partial charge on any atom is 0.339 e. The zero-order chi connectivity index (χ0) is 12.3. The zero-order valence-corrected chi connectivity index (χ0v) is 9.74. The van der Waals surface area contributed by atoms with Crippen molar-refractivity contribution < 1.29 is 22.5 Å². The molecule has 1 N–H and O–H groups in total. The van der Waals surface area contributed by atoms with Gasteiger partial charge < -0.3 is 4.74 Å². The molecule has 16 heavy (non-hydrogen) atoms. The summed E-state index contributed by atoms with van der Waals surface area (Å²) in [5.74, 6) is -0.756. The molecule has 88 valence electrons. The smallest absolute Gasteiger partial charge is 0.339 e. The van der Waals surface area contributed by atoms with E-state index in [1.54, 1.807) is 19.9 Å². The topological polar surface area (TPSA) is 80.7 Å². The van der Waals surface area contributed by atoms with Crippen LogP contribution in [0.15, 0.2) is 23.1 Å². The second-order valence-electron chi connectivity index (χ2n) is 3.14. The summed E-state index contributed by atoms with van der Waals surface area (Å²) in [7, 11) is -4.42. The Kier molecular flexibility index (Phi) is 3.66. The van der Waals surface area contributed by atoms with Crippen molar-refractivity contribution in [2.24, 2.45) is 0 Å². The predicted molar refractivity (Wildman–Crippen MR) is 57.0 cm³/mol. The van der Waals surface area contributed by atoms with E-state index >= 15 is 0 Å². The average Bonchev–Trinajstić information content (AvgIpc) is 2.16. The maximum absolute atomic E-state index is 11.5. The van der Waals surface area contributed by atoms with Crippen molar-refractivity contribution in [1.29, 1.82) is 0 Å². The van der Waals surface area contributed by atoms with Gasteiger partial charge in [0.2, 0.25) is 0 Å². The fourth-order valence-electron chi connectivity index (χ4n) is 1.32. The maximum atomic E-state index is 11.5. The number of aryl methyl sites for hydroxylation is 1. The number of carbonyl (C=O) groups excluding carboxylic acids is 1. The van der Waals surface area contributed by atoms with Crippen LogP contribution in [0.5, 0.6) is 0 Å². The molecule has 1 aromatic rings. The van der Waals surface area contributed by atoms with Gasteiger partial charge in [-0.2, -0.15) is 8.42 Å². The highest BCUT2D eigenvalue weighted by Gasteiger charge is 2.22. The monoisotopic (exact) mass is 244 g/mol. The van der Waals surface area contributed by atoms with Crippen LogP contribution in [0.1, 0.15) is 22.8 Å². The van der Waals surface area contributed by atoms with Crippen LogP contribution < -0.4 is 0 Å². The Hall–Kier alpha value is -1.40. The third-order valence-corrected chi connectivity index (χ3v) is 2.89. The van der Waals surface area contributed by atoms with E-state index in [-0.39, 0.29) is 12.2 Å². The standard InChI is InChI=1S/C10H12O5S/c1-3-15-10(11)9-7(2)5-4-6-8(9)16(12,13)14/h4-6H,3H2,1-2H3,(H,12,13,14). The Balaban J connectivity index is 3.41. The molecule has 1 rings (SSSR count). The molecule has 1 aromatic carbocycles. The van der Waals surface area contributed by atoms with Crippen LogP contribution >= 0.6 is 0 Å². The fourth-order valence-corrected chi connectivity index (χ4v) is 2.07. The lowest BCUT2D eigenvalue weighted by Crippen LogP contribution is -2.13. The molecule has 6 heteroatoms. The summed E-state index contributed by atoms with van der Waals surface area (Å²) in [6.45, 7) is 3.32. The normalized spacial score (nSPS) is 11.2. The lowest BCUT2D eigenvalue weighted by atomic mass is 10.1. The van der Waals surface area contributed by atoms with E-state index in [4.69, 9.17) is 9.29 Å². The summed E-state index contributed by atoms with van der Waals surface area (Å²) < 4.78 is 35.8. The second kappa shape index (κ2) is 4.63. The van der Waals surface area contributed by atoms with E-state index in [0.717, 1.165) is 6.07 Å². The van der Waals surface area contributed by atoms with Crippen molar-refractivity contribution in [1.82, 2.24) is 0 Å². The quantitative estimate of drug-likeness (QED) is 0.642. The van der Waals surface area contributed by atoms with E-state index < -0.39 is 21.0 Å². The van der Waals surface area contributed by atoms with Gasteiger partial charge in [-0.3, -0.25) is 4.55 Å². The zero-order valence-electron chi connectivity index (χ0n) is 8.93. The number of esters is 1. The van der Waals surface area contributed by atoms with E-state index in [9.17, 15) is 13.2 Å². The highest BCUT2D eigenvalue weighted by atomic mass is 32.2. The Labute approximate surface area is 93.8 Å². The number of hydrogen-bond acceptors (Lipinski definition) is 4. The van der Waals surface area contributed by atoms with Gasteiger partial charge in [0.05, 0.1) is 12.2 Å². The van der Waals surface area contributed by atoms with Crippen molar-refractivity contribution in [3.63, 3.8) is 0 Å². The molecule has 0 aliphatic heterocycles. The number of rotatable bonds is 3. The molecule has 0 atom stereocenters. The van der Waals surface area contributed by atoms with E-state index in [1.807, 2.05) is 0 Å². The lowest BCUT2D eigenvalue weighted by Gasteiger charge is -2.08. The first-order chi connectivity index (χ1) is 7.38. The molecule has 0 spiro atoms. The van der Waals surface area contributed by atoms with Crippen LogP contribution in [0.25, 0.3) is 0 Å². The molecule has 0 unspecified atom stereocenters. The summed E-state index contributed by atoms with van der Waals surface area (Å²) >= 11 is 0. The number of hydrogen-bond donors (Lipinski definition) is 1. The van der Waals surface area contributed by atoms with Gasteiger partial charge in [-0.05, 0) is 25.5 Å².